The van der Waals surface area contributed by atoms with Crippen molar-refractivity contribution in [3.63, 3.8) is 0 Å². The van der Waals surface area contributed by atoms with E-state index in [0.717, 1.165) is 18.8 Å². The molecule has 27 heavy (non-hydrogen) atoms. The molecule has 0 atom stereocenters. The number of anilines is 1. The molecule has 0 saturated carbocycles. The SMILES string of the molecule is CCOc1c(CN2CCN(S(C)(=O)=O)CC2)nc(Cl)nc1N1CCOCC1. The van der Waals surface area contributed by atoms with Crippen LogP contribution in [0.15, 0.2) is 0 Å². The van der Waals surface area contributed by atoms with Crippen molar-refractivity contribution in [3.8, 4) is 5.75 Å². The molecule has 2 aliphatic heterocycles. The van der Waals surface area contributed by atoms with Gasteiger partial charge in [0.1, 0.15) is 5.69 Å². The third kappa shape index (κ3) is 5.20. The van der Waals surface area contributed by atoms with Gasteiger partial charge in [0.05, 0.1) is 26.1 Å². The fourth-order valence-electron chi connectivity index (χ4n) is 3.27. The topological polar surface area (TPSA) is 88.1 Å². The Balaban J connectivity index is 1.79. The first kappa shape index (κ1) is 20.5. The third-order valence-electron chi connectivity index (χ3n) is 4.66. The molecule has 0 aromatic carbocycles. The van der Waals surface area contributed by atoms with E-state index in [-0.39, 0.29) is 5.28 Å². The number of hydrogen-bond acceptors (Lipinski definition) is 8. The Morgan fingerprint density at radius 1 is 1.11 bits per heavy atom. The minimum Gasteiger partial charge on any atom is -0.488 e. The number of halogens is 1. The standard InChI is InChI=1S/C16H26ClN5O4S/c1-3-26-14-13(12-20-4-6-22(7-5-20)27(2,23)24)18-16(17)19-15(14)21-8-10-25-11-9-21/h3-12H2,1-2H3. The van der Waals surface area contributed by atoms with Crippen molar-refractivity contribution < 1.29 is 17.9 Å². The normalized spacial score (nSPS) is 20.0. The lowest BCUT2D eigenvalue weighted by atomic mass is 10.2. The first-order chi connectivity index (χ1) is 12.9. The summed E-state index contributed by atoms with van der Waals surface area (Å²) in [4.78, 5) is 13.1. The fraction of sp³-hybridized carbons (Fsp3) is 0.750. The summed E-state index contributed by atoms with van der Waals surface area (Å²) in [7, 11) is -3.15. The number of nitrogens with zero attached hydrogens (tertiary/aromatic N) is 5. The summed E-state index contributed by atoms with van der Waals surface area (Å²) in [5, 5.41) is 0.185. The number of sulfonamides is 1. The Morgan fingerprint density at radius 3 is 2.37 bits per heavy atom. The molecule has 9 nitrogen and oxygen atoms in total. The lowest BCUT2D eigenvalue weighted by Gasteiger charge is -2.34. The minimum absolute atomic E-state index is 0.185. The molecule has 2 fully saturated rings. The van der Waals surface area contributed by atoms with Crippen molar-refractivity contribution in [2.45, 2.75) is 13.5 Å². The van der Waals surface area contributed by atoms with Crippen molar-refractivity contribution in [1.29, 1.82) is 0 Å². The van der Waals surface area contributed by atoms with Crippen LogP contribution in [0.3, 0.4) is 0 Å². The second-order valence-corrected chi connectivity index (χ2v) is 8.88. The molecule has 1 aromatic heterocycles. The Bertz CT molecular complexity index is 749. The van der Waals surface area contributed by atoms with Crippen LogP contribution in [0.4, 0.5) is 5.82 Å². The van der Waals surface area contributed by atoms with Crippen LogP contribution in [0, 0.1) is 0 Å². The summed E-state index contributed by atoms with van der Waals surface area (Å²) >= 11 is 6.20. The van der Waals surface area contributed by atoms with Gasteiger partial charge in [-0.3, -0.25) is 4.90 Å². The molecule has 11 heteroatoms. The largest absolute Gasteiger partial charge is 0.488 e. The van der Waals surface area contributed by atoms with E-state index in [0.29, 0.717) is 64.1 Å². The maximum atomic E-state index is 11.7. The highest BCUT2D eigenvalue weighted by Crippen LogP contribution is 2.32. The highest BCUT2D eigenvalue weighted by atomic mass is 35.5. The molecular weight excluding hydrogens is 394 g/mol. The maximum absolute atomic E-state index is 11.7. The number of ether oxygens (including phenoxy) is 2. The fourth-order valence-corrected chi connectivity index (χ4v) is 4.28. The van der Waals surface area contributed by atoms with Crippen molar-refractivity contribution in [2.24, 2.45) is 0 Å². The highest BCUT2D eigenvalue weighted by molar-refractivity contribution is 7.88. The lowest BCUT2D eigenvalue weighted by molar-refractivity contribution is 0.122. The summed E-state index contributed by atoms with van der Waals surface area (Å²) in [6.45, 7) is 7.87. The Hall–Kier alpha value is -1.20. The lowest BCUT2D eigenvalue weighted by Crippen LogP contribution is -2.48. The van der Waals surface area contributed by atoms with E-state index >= 15 is 0 Å². The Kier molecular flexibility index (Phi) is 6.74. The van der Waals surface area contributed by atoms with Crippen molar-refractivity contribution >= 4 is 27.4 Å². The smallest absolute Gasteiger partial charge is 0.224 e. The van der Waals surface area contributed by atoms with E-state index < -0.39 is 10.0 Å². The average molecular weight is 420 g/mol. The molecule has 152 valence electrons. The average Bonchev–Trinajstić information content (AvgIpc) is 2.64. The van der Waals surface area contributed by atoms with Gasteiger partial charge < -0.3 is 14.4 Å². The zero-order valence-electron chi connectivity index (χ0n) is 15.7. The molecule has 3 heterocycles. The van der Waals surface area contributed by atoms with E-state index in [1.807, 2.05) is 6.92 Å². The number of morpholine rings is 1. The van der Waals surface area contributed by atoms with Crippen LogP contribution in [-0.2, 0) is 21.3 Å². The quantitative estimate of drug-likeness (QED) is 0.614. The van der Waals surface area contributed by atoms with Gasteiger partial charge >= 0.3 is 0 Å². The third-order valence-corrected chi connectivity index (χ3v) is 6.14. The first-order valence-electron chi connectivity index (χ1n) is 9.08. The minimum atomic E-state index is -3.15. The van der Waals surface area contributed by atoms with Crippen LogP contribution >= 0.6 is 11.6 Å². The van der Waals surface area contributed by atoms with Gasteiger partial charge in [-0.05, 0) is 18.5 Å². The van der Waals surface area contributed by atoms with Crippen LogP contribution in [0.1, 0.15) is 12.6 Å². The van der Waals surface area contributed by atoms with Crippen molar-refractivity contribution in [3.05, 3.63) is 11.0 Å². The van der Waals surface area contributed by atoms with Crippen molar-refractivity contribution in [1.82, 2.24) is 19.2 Å². The molecule has 0 radical (unpaired) electrons. The van der Waals surface area contributed by atoms with Gasteiger partial charge in [-0.15, -0.1) is 0 Å². The molecule has 3 rings (SSSR count). The highest BCUT2D eigenvalue weighted by Gasteiger charge is 2.27. The van der Waals surface area contributed by atoms with Gasteiger partial charge in [-0.25, -0.2) is 13.4 Å². The van der Waals surface area contributed by atoms with Gasteiger partial charge in [0.25, 0.3) is 0 Å². The van der Waals surface area contributed by atoms with E-state index in [1.165, 1.54) is 10.6 Å². The summed E-state index contributed by atoms with van der Waals surface area (Å²) in [5.41, 5.74) is 0.728. The number of rotatable bonds is 6. The molecule has 0 amide bonds. The molecule has 0 spiro atoms. The summed E-state index contributed by atoms with van der Waals surface area (Å²) in [5.74, 6) is 1.35. The molecule has 2 aliphatic rings. The molecule has 0 N–H and O–H groups in total. The number of hydrogen-bond donors (Lipinski definition) is 0. The van der Waals surface area contributed by atoms with E-state index in [1.54, 1.807) is 0 Å². The molecule has 0 bridgehead atoms. The summed E-state index contributed by atoms with van der Waals surface area (Å²) < 4.78 is 36.2. The summed E-state index contributed by atoms with van der Waals surface area (Å²) in [6.07, 6.45) is 1.24. The van der Waals surface area contributed by atoms with Crippen LogP contribution in [0.2, 0.25) is 5.28 Å². The van der Waals surface area contributed by atoms with Crippen LogP contribution < -0.4 is 9.64 Å². The van der Waals surface area contributed by atoms with Crippen LogP contribution in [0.25, 0.3) is 0 Å². The van der Waals surface area contributed by atoms with E-state index in [9.17, 15) is 8.42 Å². The van der Waals surface area contributed by atoms with Gasteiger partial charge in [0, 0.05) is 45.8 Å². The van der Waals surface area contributed by atoms with Crippen LogP contribution in [-0.4, -0.2) is 92.9 Å². The summed E-state index contributed by atoms with van der Waals surface area (Å²) in [6, 6.07) is 0. The van der Waals surface area contributed by atoms with Gasteiger partial charge in [-0.1, -0.05) is 0 Å². The molecule has 1 aromatic rings. The second-order valence-electron chi connectivity index (χ2n) is 6.56. The monoisotopic (exact) mass is 419 g/mol. The zero-order chi connectivity index (χ0) is 19.4. The van der Waals surface area contributed by atoms with Gasteiger partial charge in [0.15, 0.2) is 11.6 Å². The maximum Gasteiger partial charge on any atom is 0.224 e. The molecule has 2 saturated heterocycles. The van der Waals surface area contributed by atoms with E-state index in [4.69, 9.17) is 21.1 Å². The number of piperazine rings is 1. The zero-order valence-corrected chi connectivity index (χ0v) is 17.3. The Labute approximate surface area is 165 Å². The second kappa shape index (κ2) is 8.87. The molecule has 0 unspecified atom stereocenters. The van der Waals surface area contributed by atoms with Gasteiger partial charge in [0.2, 0.25) is 15.3 Å². The van der Waals surface area contributed by atoms with Crippen molar-refractivity contribution in [2.75, 3.05) is 70.2 Å². The first-order valence-corrected chi connectivity index (χ1v) is 11.3. The predicted octanol–water partition coefficient (Wildman–Crippen LogP) is 0.443. The van der Waals surface area contributed by atoms with E-state index in [2.05, 4.69) is 19.8 Å². The molecular formula is C16H26ClN5O4S. The Morgan fingerprint density at radius 2 is 1.78 bits per heavy atom. The predicted molar refractivity (Wildman–Crippen MR) is 103 cm³/mol. The molecule has 0 aliphatic carbocycles. The van der Waals surface area contributed by atoms with Crippen LogP contribution in [0.5, 0.6) is 5.75 Å². The number of aromatic nitrogens is 2. The van der Waals surface area contributed by atoms with Gasteiger partial charge in [-0.2, -0.15) is 9.29 Å².